The van der Waals surface area contributed by atoms with Gasteiger partial charge in [0.05, 0.1) is 5.25 Å². The molecular weight excluding hydrogens is 349 g/mol. The Morgan fingerprint density at radius 2 is 1.81 bits per heavy atom. The topological polar surface area (TPSA) is 47.8 Å². The quantitative estimate of drug-likeness (QED) is 0.487. The van der Waals surface area contributed by atoms with E-state index in [2.05, 4.69) is 10.2 Å². The Hall–Kier alpha value is -2.47. The summed E-state index contributed by atoms with van der Waals surface area (Å²) in [5.41, 5.74) is 3.55. The summed E-state index contributed by atoms with van der Waals surface area (Å²) in [7, 11) is 1.84. The molecule has 0 radical (unpaired) electrons. The van der Waals surface area contributed by atoms with Crippen LogP contribution in [0.4, 0.5) is 4.39 Å². The molecule has 3 rings (SSSR count). The molecule has 0 aliphatic carbocycles. The molecule has 1 heterocycles. The minimum absolute atomic E-state index is 0.0718. The lowest BCUT2D eigenvalue weighted by molar-refractivity contribution is 0.0993. The minimum atomic E-state index is -0.293. The average molecular weight is 369 g/mol. The molecule has 26 heavy (non-hydrogen) atoms. The molecule has 0 bridgehead atoms. The summed E-state index contributed by atoms with van der Waals surface area (Å²) < 4.78 is 14.9. The Morgan fingerprint density at radius 1 is 1.12 bits per heavy atom. The van der Waals surface area contributed by atoms with Gasteiger partial charge >= 0.3 is 0 Å². The Balaban J connectivity index is 1.82. The van der Waals surface area contributed by atoms with Crippen molar-refractivity contribution >= 4 is 17.5 Å². The molecule has 0 saturated heterocycles. The highest BCUT2D eigenvalue weighted by atomic mass is 32.2. The zero-order valence-electron chi connectivity index (χ0n) is 15.2. The fourth-order valence-electron chi connectivity index (χ4n) is 2.70. The molecule has 2 aromatic carbocycles. The maximum Gasteiger partial charge on any atom is 0.191 e. The smallest absolute Gasteiger partial charge is 0.191 e. The van der Waals surface area contributed by atoms with E-state index in [1.165, 1.54) is 23.9 Å². The molecule has 1 atom stereocenters. The average Bonchev–Trinajstić information content (AvgIpc) is 2.98. The van der Waals surface area contributed by atoms with Crippen LogP contribution in [-0.2, 0) is 7.05 Å². The Kier molecular flexibility index (Phi) is 5.23. The van der Waals surface area contributed by atoms with Crippen LogP contribution in [0.25, 0.3) is 11.4 Å². The van der Waals surface area contributed by atoms with Crippen molar-refractivity contribution in [1.29, 1.82) is 0 Å². The highest BCUT2D eigenvalue weighted by Gasteiger charge is 2.22. The van der Waals surface area contributed by atoms with Crippen molar-refractivity contribution in [2.75, 3.05) is 0 Å². The predicted octanol–water partition coefficient (Wildman–Crippen LogP) is 4.60. The molecule has 0 N–H and O–H groups in total. The van der Waals surface area contributed by atoms with Gasteiger partial charge in [-0.25, -0.2) is 4.39 Å². The molecule has 1 unspecified atom stereocenters. The lowest BCUT2D eigenvalue weighted by Gasteiger charge is -2.12. The standard InChI is InChI=1S/C20H20FN3OS/c1-12-5-6-13(2)17(11-12)18(25)14(3)26-20-23-22-19(24(20)4)15-7-9-16(21)10-8-15/h5-11,14H,1-4H3. The van der Waals surface area contributed by atoms with Gasteiger partial charge in [-0.1, -0.05) is 29.5 Å². The fraction of sp³-hybridized carbons (Fsp3) is 0.250. The lowest BCUT2D eigenvalue weighted by Crippen LogP contribution is -2.16. The molecule has 4 nitrogen and oxygen atoms in total. The number of Topliss-reactive ketones (excluding diaryl/α,β-unsaturated/α-hetero) is 1. The number of hydrogen-bond acceptors (Lipinski definition) is 4. The maximum absolute atomic E-state index is 13.1. The first-order valence-corrected chi connectivity index (χ1v) is 9.18. The highest BCUT2D eigenvalue weighted by Crippen LogP contribution is 2.28. The molecule has 0 amide bonds. The summed E-state index contributed by atoms with van der Waals surface area (Å²) >= 11 is 1.37. The number of carbonyl (C=O) groups is 1. The summed E-state index contributed by atoms with van der Waals surface area (Å²) in [6.07, 6.45) is 0. The van der Waals surface area contributed by atoms with Crippen LogP contribution < -0.4 is 0 Å². The Morgan fingerprint density at radius 3 is 2.50 bits per heavy atom. The van der Waals surface area contributed by atoms with E-state index in [-0.39, 0.29) is 16.9 Å². The number of halogens is 1. The Labute approximate surface area is 156 Å². The third kappa shape index (κ3) is 3.70. The number of aromatic nitrogens is 3. The molecule has 134 valence electrons. The normalized spacial score (nSPS) is 12.2. The van der Waals surface area contributed by atoms with E-state index >= 15 is 0 Å². The summed E-state index contributed by atoms with van der Waals surface area (Å²) in [6.45, 7) is 5.80. The van der Waals surface area contributed by atoms with E-state index in [0.29, 0.717) is 11.0 Å². The SMILES string of the molecule is Cc1ccc(C)c(C(=O)C(C)Sc2nnc(-c3ccc(F)cc3)n2C)c1. The van der Waals surface area contributed by atoms with Crippen LogP contribution in [0.5, 0.6) is 0 Å². The van der Waals surface area contributed by atoms with Gasteiger partial charge in [0, 0.05) is 18.2 Å². The number of thioether (sulfide) groups is 1. The van der Waals surface area contributed by atoms with Gasteiger partial charge in [0.1, 0.15) is 5.82 Å². The van der Waals surface area contributed by atoms with Crippen molar-refractivity contribution in [1.82, 2.24) is 14.8 Å². The maximum atomic E-state index is 13.1. The van der Waals surface area contributed by atoms with Crippen LogP contribution in [0, 0.1) is 19.7 Å². The van der Waals surface area contributed by atoms with Gasteiger partial charge in [-0.05, 0) is 56.7 Å². The van der Waals surface area contributed by atoms with Gasteiger partial charge in [-0.2, -0.15) is 0 Å². The third-order valence-electron chi connectivity index (χ3n) is 4.25. The minimum Gasteiger partial charge on any atom is -0.305 e. The van der Waals surface area contributed by atoms with Crippen molar-refractivity contribution in [3.63, 3.8) is 0 Å². The van der Waals surface area contributed by atoms with E-state index in [0.717, 1.165) is 22.3 Å². The summed E-state index contributed by atoms with van der Waals surface area (Å²) in [5, 5.41) is 8.75. The number of hydrogen-bond donors (Lipinski definition) is 0. The zero-order chi connectivity index (χ0) is 18.8. The number of ketones is 1. The van der Waals surface area contributed by atoms with E-state index in [4.69, 9.17) is 0 Å². The predicted molar refractivity (Wildman–Crippen MR) is 102 cm³/mol. The second-order valence-corrected chi connectivity index (χ2v) is 7.62. The van der Waals surface area contributed by atoms with Gasteiger partial charge in [0.15, 0.2) is 16.8 Å². The first-order valence-electron chi connectivity index (χ1n) is 8.30. The Bertz CT molecular complexity index is 950. The lowest BCUT2D eigenvalue weighted by atomic mass is 10.0. The van der Waals surface area contributed by atoms with Crippen molar-refractivity contribution in [2.24, 2.45) is 7.05 Å². The number of nitrogens with zero attached hydrogens (tertiary/aromatic N) is 3. The molecule has 1 aromatic heterocycles. The first-order chi connectivity index (χ1) is 12.4. The van der Waals surface area contributed by atoms with Gasteiger partial charge in [0.25, 0.3) is 0 Å². The second-order valence-electron chi connectivity index (χ2n) is 6.31. The van der Waals surface area contributed by atoms with Crippen molar-refractivity contribution < 1.29 is 9.18 Å². The zero-order valence-corrected chi connectivity index (χ0v) is 16.0. The molecule has 0 aliphatic rings. The van der Waals surface area contributed by atoms with Gasteiger partial charge in [-0.3, -0.25) is 4.79 Å². The summed E-state index contributed by atoms with van der Waals surface area (Å²) in [6, 6.07) is 12.0. The van der Waals surface area contributed by atoms with Crippen LogP contribution in [0.3, 0.4) is 0 Å². The van der Waals surface area contributed by atoms with Gasteiger partial charge in [-0.15, -0.1) is 10.2 Å². The van der Waals surface area contributed by atoms with Crippen molar-refractivity contribution in [2.45, 2.75) is 31.2 Å². The largest absolute Gasteiger partial charge is 0.305 e. The number of carbonyl (C=O) groups excluding carboxylic acids is 1. The van der Waals surface area contributed by atoms with Crippen molar-refractivity contribution in [3.05, 3.63) is 65.0 Å². The third-order valence-corrected chi connectivity index (χ3v) is 5.38. The summed E-state index contributed by atoms with van der Waals surface area (Å²) in [4.78, 5) is 12.8. The molecule has 0 fully saturated rings. The van der Waals surface area contributed by atoms with E-state index in [1.54, 1.807) is 12.1 Å². The van der Waals surface area contributed by atoms with Gasteiger partial charge in [0.2, 0.25) is 0 Å². The highest BCUT2D eigenvalue weighted by molar-refractivity contribution is 8.00. The fourth-order valence-corrected chi connectivity index (χ4v) is 3.58. The molecule has 0 spiro atoms. The molecule has 0 aliphatic heterocycles. The number of aryl methyl sites for hydroxylation is 2. The van der Waals surface area contributed by atoms with Crippen molar-refractivity contribution in [3.8, 4) is 11.4 Å². The molecule has 0 saturated carbocycles. The number of benzene rings is 2. The monoisotopic (exact) mass is 369 g/mol. The molecule has 3 aromatic rings. The van der Waals surface area contributed by atoms with Crippen LogP contribution >= 0.6 is 11.8 Å². The van der Waals surface area contributed by atoms with Crippen LogP contribution in [0.1, 0.15) is 28.4 Å². The molecular formula is C20H20FN3OS. The van der Waals surface area contributed by atoms with Crippen LogP contribution in [0.15, 0.2) is 47.6 Å². The first kappa shape index (κ1) is 18.3. The van der Waals surface area contributed by atoms with Gasteiger partial charge < -0.3 is 4.57 Å². The van der Waals surface area contributed by atoms with E-state index in [9.17, 15) is 9.18 Å². The van der Waals surface area contributed by atoms with E-state index < -0.39 is 0 Å². The number of rotatable bonds is 5. The van der Waals surface area contributed by atoms with E-state index in [1.807, 2.05) is 50.6 Å². The second kappa shape index (κ2) is 7.41. The van der Waals surface area contributed by atoms with Crippen LogP contribution in [0.2, 0.25) is 0 Å². The molecule has 6 heteroatoms. The van der Waals surface area contributed by atoms with Crippen LogP contribution in [-0.4, -0.2) is 25.8 Å². The summed E-state index contributed by atoms with van der Waals surface area (Å²) in [5.74, 6) is 0.416.